The number of sulfonamides is 1. The Kier molecular flexibility index (Phi) is 5.57. The van der Waals surface area contributed by atoms with Gasteiger partial charge in [0.1, 0.15) is 5.82 Å². The van der Waals surface area contributed by atoms with Crippen molar-refractivity contribution in [2.24, 2.45) is 0 Å². The van der Waals surface area contributed by atoms with E-state index in [2.05, 4.69) is 20.2 Å². The van der Waals surface area contributed by atoms with Crippen LogP contribution in [-0.2, 0) is 10.0 Å². The van der Waals surface area contributed by atoms with Gasteiger partial charge in [-0.2, -0.15) is 0 Å². The molecule has 27 heavy (non-hydrogen) atoms. The van der Waals surface area contributed by atoms with Crippen molar-refractivity contribution in [2.45, 2.75) is 25.7 Å². The van der Waals surface area contributed by atoms with Crippen molar-refractivity contribution >= 4 is 15.8 Å². The van der Waals surface area contributed by atoms with Crippen molar-refractivity contribution in [3.8, 4) is 5.82 Å². The van der Waals surface area contributed by atoms with Crippen molar-refractivity contribution in [3.63, 3.8) is 0 Å². The van der Waals surface area contributed by atoms with Gasteiger partial charge in [-0.15, -0.1) is 10.2 Å². The van der Waals surface area contributed by atoms with Crippen LogP contribution in [0.3, 0.4) is 0 Å². The molecule has 0 amide bonds. The molecule has 0 saturated heterocycles. The van der Waals surface area contributed by atoms with Gasteiger partial charge in [-0.1, -0.05) is 6.07 Å². The largest absolute Gasteiger partial charge is 0.367 e. The van der Waals surface area contributed by atoms with Gasteiger partial charge in [0.15, 0.2) is 5.82 Å². The Hall–Kier alpha value is -2.71. The highest BCUT2D eigenvalue weighted by Crippen LogP contribution is 2.19. The number of hydrogen-bond donors (Lipinski definition) is 2. The van der Waals surface area contributed by atoms with Crippen LogP contribution in [0.2, 0.25) is 0 Å². The Balaban J connectivity index is 1.56. The summed E-state index contributed by atoms with van der Waals surface area (Å²) in [4.78, 5) is 0.321. The van der Waals surface area contributed by atoms with E-state index >= 15 is 0 Å². The van der Waals surface area contributed by atoms with Crippen molar-refractivity contribution in [3.05, 3.63) is 65.5 Å². The Morgan fingerprint density at radius 1 is 0.926 bits per heavy atom. The van der Waals surface area contributed by atoms with Gasteiger partial charge in [0, 0.05) is 25.5 Å². The highest BCUT2D eigenvalue weighted by atomic mass is 32.2. The van der Waals surface area contributed by atoms with Gasteiger partial charge >= 0.3 is 0 Å². The number of aromatic nitrogens is 3. The van der Waals surface area contributed by atoms with Gasteiger partial charge < -0.3 is 9.88 Å². The van der Waals surface area contributed by atoms with Gasteiger partial charge in [-0.05, 0) is 67.8 Å². The molecule has 2 heterocycles. The first-order chi connectivity index (χ1) is 12.9. The summed E-state index contributed by atoms with van der Waals surface area (Å²) in [7, 11) is -3.55. The van der Waals surface area contributed by atoms with Crippen LogP contribution < -0.4 is 10.0 Å². The number of nitrogens with one attached hydrogen (secondary N) is 2. The second-order valence-electron chi connectivity index (χ2n) is 6.39. The lowest BCUT2D eigenvalue weighted by atomic mass is 10.1. The fourth-order valence-electron chi connectivity index (χ4n) is 2.72. The summed E-state index contributed by atoms with van der Waals surface area (Å²) in [6, 6.07) is 11.1. The van der Waals surface area contributed by atoms with Crippen LogP contribution in [0.1, 0.15) is 16.7 Å². The summed E-state index contributed by atoms with van der Waals surface area (Å²) >= 11 is 0. The lowest BCUT2D eigenvalue weighted by Crippen LogP contribution is -2.29. The average molecular weight is 385 g/mol. The highest BCUT2D eigenvalue weighted by molar-refractivity contribution is 7.89. The topological polar surface area (TPSA) is 88.9 Å². The van der Waals surface area contributed by atoms with E-state index in [0.29, 0.717) is 17.3 Å². The fourth-order valence-corrected chi connectivity index (χ4v) is 4.06. The predicted molar refractivity (Wildman–Crippen MR) is 106 cm³/mol. The Morgan fingerprint density at radius 2 is 1.63 bits per heavy atom. The molecule has 0 saturated carbocycles. The molecule has 8 heteroatoms. The van der Waals surface area contributed by atoms with E-state index in [9.17, 15) is 8.42 Å². The zero-order valence-electron chi connectivity index (χ0n) is 15.6. The van der Waals surface area contributed by atoms with Crippen molar-refractivity contribution in [1.29, 1.82) is 0 Å². The summed E-state index contributed by atoms with van der Waals surface area (Å²) in [6.45, 7) is 6.33. The van der Waals surface area contributed by atoms with Gasteiger partial charge in [0.25, 0.3) is 0 Å². The summed E-state index contributed by atoms with van der Waals surface area (Å²) in [5, 5.41) is 11.3. The summed E-state index contributed by atoms with van der Waals surface area (Å²) in [6.07, 6.45) is 3.78. The SMILES string of the molecule is Cc1cc(C)c(S(=O)(=O)NCCNc2ccc(-n3cccc3)nn2)cc1C. The molecule has 0 aliphatic rings. The molecule has 2 N–H and O–H groups in total. The lowest BCUT2D eigenvalue weighted by Gasteiger charge is -2.12. The number of aryl methyl sites for hydroxylation is 3. The monoisotopic (exact) mass is 385 g/mol. The Bertz CT molecular complexity index is 1010. The molecular formula is C19H23N5O2S. The average Bonchev–Trinajstić information content (AvgIpc) is 3.17. The van der Waals surface area contributed by atoms with Gasteiger partial charge in [0.05, 0.1) is 4.90 Å². The maximum absolute atomic E-state index is 12.5. The van der Waals surface area contributed by atoms with E-state index in [-0.39, 0.29) is 6.54 Å². The molecule has 0 aliphatic carbocycles. The molecule has 7 nitrogen and oxygen atoms in total. The molecule has 1 aromatic carbocycles. The molecule has 0 radical (unpaired) electrons. The molecule has 3 aromatic rings. The molecule has 0 aliphatic heterocycles. The first kappa shape index (κ1) is 19.1. The summed E-state index contributed by atoms with van der Waals surface area (Å²) in [5.41, 5.74) is 2.78. The van der Waals surface area contributed by atoms with Crippen LogP contribution in [0.4, 0.5) is 5.82 Å². The Labute approximate surface area is 159 Å². The van der Waals surface area contributed by atoms with E-state index in [1.807, 2.05) is 61.1 Å². The zero-order chi connectivity index (χ0) is 19.4. The van der Waals surface area contributed by atoms with Crippen LogP contribution >= 0.6 is 0 Å². The molecule has 0 fully saturated rings. The van der Waals surface area contributed by atoms with Gasteiger partial charge in [-0.3, -0.25) is 0 Å². The fraction of sp³-hybridized carbons (Fsp3) is 0.263. The normalized spacial score (nSPS) is 11.5. The zero-order valence-corrected chi connectivity index (χ0v) is 16.4. The standard InChI is InChI=1S/C19H23N5O2S/c1-14-12-16(3)17(13-15(14)2)27(25,26)21-9-8-20-18-6-7-19(23-22-18)24-10-4-5-11-24/h4-7,10-13,21H,8-9H2,1-3H3,(H,20,22). The maximum atomic E-state index is 12.5. The molecule has 0 spiro atoms. The third kappa shape index (κ3) is 4.53. The lowest BCUT2D eigenvalue weighted by molar-refractivity contribution is 0.582. The third-order valence-electron chi connectivity index (χ3n) is 4.32. The minimum Gasteiger partial charge on any atom is -0.367 e. The predicted octanol–water partition coefficient (Wildman–Crippen LogP) is 2.58. The van der Waals surface area contributed by atoms with Crippen LogP contribution in [0.25, 0.3) is 5.82 Å². The number of anilines is 1. The second-order valence-corrected chi connectivity index (χ2v) is 8.13. The molecule has 0 atom stereocenters. The molecular weight excluding hydrogens is 362 g/mol. The van der Waals surface area contributed by atoms with Gasteiger partial charge in [-0.25, -0.2) is 13.1 Å². The van der Waals surface area contributed by atoms with Gasteiger partial charge in [0.2, 0.25) is 10.0 Å². The first-order valence-corrected chi connectivity index (χ1v) is 10.1. The van der Waals surface area contributed by atoms with Crippen LogP contribution in [0.5, 0.6) is 0 Å². The third-order valence-corrected chi connectivity index (χ3v) is 5.93. The quantitative estimate of drug-likeness (QED) is 0.610. The highest BCUT2D eigenvalue weighted by Gasteiger charge is 2.17. The van der Waals surface area contributed by atoms with E-state index in [0.717, 1.165) is 22.5 Å². The van der Waals surface area contributed by atoms with Crippen molar-refractivity contribution in [1.82, 2.24) is 19.5 Å². The molecule has 3 rings (SSSR count). The molecule has 2 aromatic heterocycles. The first-order valence-electron chi connectivity index (χ1n) is 8.65. The number of nitrogens with zero attached hydrogens (tertiary/aromatic N) is 3. The van der Waals surface area contributed by atoms with Crippen molar-refractivity contribution < 1.29 is 8.42 Å². The second kappa shape index (κ2) is 7.89. The smallest absolute Gasteiger partial charge is 0.240 e. The van der Waals surface area contributed by atoms with E-state index in [1.165, 1.54) is 0 Å². The van der Waals surface area contributed by atoms with Crippen molar-refractivity contribution in [2.75, 3.05) is 18.4 Å². The summed E-state index contributed by atoms with van der Waals surface area (Å²) in [5.74, 6) is 1.31. The van der Waals surface area contributed by atoms with E-state index < -0.39 is 10.0 Å². The molecule has 0 unspecified atom stereocenters. The minimum atomic E-state index is -3.55. The minimum absolute atomic E-state index is 0.246. The Morgan fingerprint density at radius 3 is 2.30 bits per heavy atom. The maximum Gasteiger partial charge on any atom is 0.240 e. The van der Waals surface area contributed by atoms with Crippen LogP contribution in [0, 0.1) is 20.8 Å². The van der Waals surface area contributed by atoms with E-state index in [4.69, 9.17) is 0 Å². The van der Waals surface area contributed by atoms with E-state index in [1.54, 1.807) is 13.0 Å². The number of hydrogen-bond acceptors (Lipinski definition) is 5. The summed E-state index contributed by atoms with van der Waals surface area (Å²) < 4.78 is 29.6. The number of rotatable bonds is 7. The van der Waals surface area contributed by atoms with Crippen LogP contribution in [0.15, 0.2) is 53.7 Å². The van der Waals surface area contributed by atoms with Crippen LogP contribution in [-0.4, -0.2) is 36.3 Å². The number of benzene rings is 1. The molecule has 0 bridgehead atoms. The molecule has 142 valence electrons.